The normalized spacial score (nSPS) is 26.5. The molecule has 0 amide bonds. The molecular formula is C15H26N2S. The van der Waals surface area contributed by atoms with Gasteiger partial charge in [0.2, 0.25) is 0 Å². The van der Waals surface area contributed by atoms with Crippen molar-refractivity contribution in [2.45, 2.75) is 58.9 Å². The number of aryl methyl sites for hydroxylation is 1. The lowest BCUT2D eigenvalue weighted by Crippen LogP contribution is -2.35. The summed E-state index contributed by atoms with van der Waals surface area (Å²) >= 11 is 1.76. The van der Waals surface area contributed by atoms with Gasteiger partial charge in [0, 0.05) is 23.5 Å². The lowest BCUT2D eigenvalue weighted by molar-refractivity contribution is 0.202. The molecule has 1 unspecified atom stereocenters. The van der Waals surface area contributed by atoms with Crippen LogP contribution in [0.1, 0.15) is 50.2 Å². The van der Waals surface area contributed by atoms with Crippen molar-refractivity contribution < 1.29 is 0 Å². The number of aromatic nitrogens is 1. The molecule has 3 heteroatoms. The summed E-state index contributed by atoms with van der Waals surface area (Å²) in [5.74, 6) is 2.48. The van der Waals surface area contributed by atoms with E-state index in [1.54, 1.807) is 11.3 Å². The van der Waals surface area contributed by atoms with Gasteiger partial charge >= 0.3 is 0 Å². The number of thiazole rings is 1. The van der Waals surface area contributed by atoms with Crippen LogP contribution >= 0.6 is 11.3 Å². The van der Waals surface area contributed by atoms with Crippen molar-refractivity contribution in [3.8, 4) is 0 Å². The first-order valence-electron chi connectivity index (χ1n) is 7.23. The zero-order valence-electron chi connectivity index (χ0n) is 11.9. The van der Waals surface area contributed by atoms with Gasteiger partial charge in [0.1, 0.15) is 0 Å². The van der Waals surface area contributed by atoms with Crippen LogP contribution in [0.2, 0.25) is 0 Å². The van der Waals surface area contributed by atoms with Crippen LogP contribution in [0, 0.1) is 24.7 Å². The molecular weight excluding hydrogens is 240 g/mol. The highest BCUT2D eigenvalue weighted by Gasteiger charge is 2.27. The van der Waals surface area contributed by atoms with Crippen molar-refractivity contribution in [2.75, 3.05) is 0 Å². The number of nitrogens with two attached hydrogens (primary N) is 1. The van der Waals surface area contributed by atoms with Crippen molar-refractivity contribution >= 4 is 11.3 Å². The molecule has 2 N–H and O–H groups in total. The predicted octanol–water partition coefficient (Wildman–Crippen LogP) is 3.78. The SMILES string of the molecule is Cc1csc(CC(N)C2CCC(C(C)C)CC2)n1. The van der Waals surface area contributed by atoms with Crippen LogP contribution in [-0.4, -0.2) is 11.0 Å². The van der Waals surface area contributed by atoms with Gasteiger partial charge in [0.05, 0.1) is 5.01 Å². The second kappa shape index (κ2) is 6.16. The Labute approximate surface area is 115 Å². The zero-order chi connectivity index (χ0) is 13.1. The smallest absolute Gasteiger partial charge is 0.0943 e. The van der Waals surface area contributed by atoms with Crippen LogP contribution in [0.5, 0.6) is 0 Å². The van der Waals surface area contributed by atoms with Crippen molar-refractivity contribution in [3.63, 3.8) is 0 Å². The average molecular weight is 266 g/mol. The monoisotopic (exact) mass is 266 g/mol. The summed E-state index contributed by atoms with van der Waals surface area (Å²) in [6, 6.07) is 0.309. The lowest BCUT2D eigenvalue weighted by atomic mass is 9.74. The second-order valence-corrected chi connectivity index (χ2v) is 7.11. The third-order valence-corrected chi connectivity index (χ3v) is 5.43. The van der Waals surface area contributed by atoms with E-state index in [1.165, 1.54) is 30.7 Å². The molecule has 1 atom stereocenters. The summed E-state index contributed by atoms with van der Waals surface area (Å²) in [6.45, 7) is 6.76. The van der Waals surface area contributed by atoms with E-state index in [0.717, 1.165) is 24.0 Å². The second-order valence-electron chi connectivity index (χ2n) is 6.17. The Hall–Kier alpha value is -0.410. The zero-order valence-corrected chi connectivity index (χ0v) is 12.7. The molecule has 0 aliphatic heterocycles. The van der Waals surface area contributed by atoms with E-state index >= 15 is 0 Å². The summed E-state index contributed by atoms with van der Waals surface area (Å²) < 4.78 is 0. The van der Waals surface area contributed by atoms with Gasteiger partial charge in [0.15, 0.2) is 0 Å². The van der Waals surface area contributed by atoms with Gasteiger partial charge in [-0.3, -0.25) is 0 Å². The lowest BCUT2D eigenvalue weighted by Gasteiger charge is -2.33. The third kappa shape index (κ3) is 3.55. The Morgan fingerprint density at radius 3 is 2.39 bits per heavy atom. The molecule has 0 radical (unpaired) electrons. The molecule has 1 heterocycles. The molecule has 102 valence electrons. The van der Waals surface area contributed by atoms with Gasteiger partial charge in [0.25, 0.3) is 0 Å². The minimum absolute atomic E-state index is 0.309. The Morgan fingerprint density at radius 1 is 1.28 bits per heavy atom. The van der Waals surface area contributed by atoms with E-state index in [1.807, 2.05) is 0 Å². The summed E-state index contributed by atoms with van der Waals surface area (Å²) in [5.41, 5.74) is 7.51. The number of rotatable bonds is 4. The summed E-state index contributed by atoms with van der Waals surface area (Å²) in [5, 5.41) is 3.34. The Bertz CT molecular complexity index is 364. The number of hydrogen-bond acceptors (Lipinski definition) is 3. The van der Waals surface area contributed by atoms with Crippen molar-refractivity contribution in [1.29, 1.82) is 0 Å². The van der Waals surface area contributed by atoms with Crippen LogP contribution in [0.15, 0.2) is 5.38 Å². The fourth-order valence-electron chi connectivity index (χ4n) is 3.10. The van der Waals surface area contributed by atoms with E-state index in [0.29, 0.717) is 12.0 Å². The molecule has 0 spiro atoms. The Morgan fingerprint density at radius 2 is 1.89 bits per heavy atom. The molecule has 1 aliphatic carbocycles. The molecule has 0 bridgehead atoms. The van der Waals surface area contributed by atoms with E-state index in [2.05, 4.69) is 31.1 Å². The first-order chi connectivity index (χ1) is 8.56. The van der Waals surface area contributed by atoms with Crippen LogP contribution in [-0.2, 0) is 6.42 Å². The largest absolute Gasteiger partial charge is 0.327 e. The summed E-state index contributed by atoms with van der Waals surface area (Å²) in [7, 11) is 0. The number of nitrogens with zero attached hydrogens (tertiary/aromatic N) is 1. The number of hydrogen-bond donors (Lipinski definition) is 1. The molecule has 0 saturated heterocycles. The summed E-state index contributed by atoms with van der Waals surface area (Å²) in [6.07, 6.45) is 6.33. The van der Waals surface area contributed by atoms with E-state index in [-0.39, 0.29) is 0 Å². The molecule has 1 aromatic rings. The highest BCUT2D eigenvalue weighted by Crippen LogP contribution is 2.35. The van der Waals surface area contributed by atoms with Crippen LogP contribution in [0.4, 0.5) is 0 Å². The van der Waals surface area contributed by atoms with Gasteiger partial charge in [-0.2, -0.15) is 0 Å². The predicted molar refractivity (Wildman–Crippen MR) is 78.8 cm³/mol. The quantitative estimate of drug-likeness (QED) is 0.900. The molecule has 2 nitrogen and oxygen atoms in total. The Balaban J connectivity index is 1.82. The highest BCUT2D eigenvalue weighted by molar-refractivity contribution is 7.09. The molecule has 1 saturated carbocycles. The van der Waals surface area contributed by atoms with Crippen LogP contribution < -0.4 is 5.73 Å². The van der Waals surface area contributed by atoms with Crippen molar-refractivity contribution in [3.05, 3.63) is 16.1 Å². The molecule has 1 aliphatic rings. The van der Waals surface area contributed by atoms with Crippen molar-refractivity contribution in [2.24, 2.45) is 23.5 Å². The topological polar surface area (TPSA) is 38.9 Å². The molecule has 1 aromatic heterocycles. The van der Waals surface area contributed by atoms with Crippen LogP contribution in [0.25, 0.3) is 0 Å². The molecule has 1 fully saturated rings. The van der Waals surface area contributed by atoms with Crippen molar-refractivity contribution in [1.82, 2.24) is 4.98 Å². The minimum atomic E-state index is 0.309. The first-order valence-corrected chi connectivity index (χ1v) is 8.10. The van der Waals surface area contributed by atoms with Gasteiger partial charge in [-0.1, -0.05) is 13.8 Å². The van der Waals surface area contributed by atoms with E-state index in [9.17, 15) is 0 Å². The molecule has 2 rings (SSSR count). The maximum atomic E-state index is 6.38. The van der Waals surface area contributed by atoms with Gasteiger partial charge in [-0.25, -0.2) is 4.98 Å². The fraction of sp³-hybridized carbons (Fsp3) is 0.800. The minimum Gasteiger partial charge on any atom is -0.327 e. The Kier molecular flexibility index (Phi) is 4.79. The molecule has 0 aromatic carbocycles. The third-order valence-electron chi connectivity index (χ3n) is 4.44. The highest BCUT2D eigenvalue weighted by atomic mass is 32.1. The van der Waals surface area contributed by atoms with Crippen LogP contribution in [0.3, 0.4) is 0 Å². The van der Waals surface area contributed by atoms with E-state index in [4.69, 9.17) is 5.73 Å². The summed E-state index contributed by atoms with van der Waals surface area (Å²) in [4.78, 5) is 4.53. The fourth-order valence-corrected chi connectivity index (χ4v) is 3.95. The maximum absolute atomic E-state index is 6.38. The van der Waals surface area contributed by atoms with Gasteiger partial charge in [-0.05, 0) is 50.4 Å². The standard InChI is InChI=1S/C15H26N2S/c1-10(2)12-4-6-13(7-5-12)14(16)8-15-17-11(3)9-18-15/h9-10,12-14H,4-8,16H2,1-3H3. The van der Waals surface area contributed by atoms with Gasteiger partial charge in [-0.15, -0.1) is 11.3 Å². The maximum Gasteiger partial charge on any atom is 0.0943 e. The van der Waals surface area contributed by atoms with E-state index < -0.39 is 0 Å². The first kappa shape index (κ1) is 14.0. The average Bonchev–Trinajstić information content (AvgIpc) is 2.75. The molecule has 18 heavy (non-hydrogen) atoms. The van der Waals surface area contributed by atoms with Gasteiger partial charge < -0.3 is 5.73 Å².